The molecule has 3 aliphatic rings. The number of amides is 1. The van der Waals surface area contributed by atoms with Crippen molar-refractivity contribution in [2.45, 2.75) is 62.9 Å². The third-order valence-corrected chi connectivity index (χ3v) is 6.29. The van der Waals surface area contributed by atoms with Crippen molar-refractivity contribution in [2.75, 3.05) is 19.7 Å². The molecule has 0 spiro atoms. The number of benzene rings is 1. The molecular formula is C22H28N6O2. The van der Waals surface area contributed by atoms with Gasteiger partial charge in [-0.1, -0.05) is 12.1 Å². The van der Waals surface area contributed by atoms with Crippen LogP contribution in [0.25, 0.3) is 0 Å². The zero-order valence-electron chi connectivity index (χ0n) is 17.3. The Morgan fingerprint density at radius 3 is 2.87 bits per heavy atom. The zero-order chi connectivity index (χ0) is 21.3. The van der Waals surface area contributed by atoms with Gasteiger partial charge in [0.1, 0.15) is 6.04 Å². The Hall–Kier alpha value is -2.49. The number of rotatable bonds is 7. The summed E-state index contributed by atoms with van der Waals surface area (Å²) in [4.78, 5) is 22.9. The molecule has 2 aliphatic heterocycles. The lowest BCUT2D eigenvalue weighted by atomic mass is 10.1. The predicted octanol–water partition coefficient (Wildman–Crippen LogP) is 0.979. The van der Waals surface area contributed by atoms with Crippen LogP contribution in [0.15, 0.2) is 24.3 Å². The molecule has 3 unspecified atom stereocenters. The van der Waals surface area contributed by atoms with Crippen molar-refractivity contribution in [1.29, 1.82) is 10.5 Å². The second-order valence-corrected chi connectivity index (χ2v) is 8.57. The summed E-state index contributed by atoms with van der Waals surface area (Å²) < 4.78 is 0. The first kappa shape index (κ1) is 20.8. The van der Waals surface area contributed by atoms with Gasteiger partial charge in [-0.3, -0.25) is 14.5 Å². The highest BCUT2D eigenvalue weighted by atomic mass is 16.7. The number of likely N-dealkylation sites (tertiary alicyclic amines) is 1. The highest BCUT2D eigenvalue weighted by Crippen LogP contribution is 2.31. The van der Waals surface area contributed by atoms with Gasteiger partial charge in [0, 0.05) is 37.8 Å². The monoisotopic (exact) mass is 408 g/mol. The topological polar surface area (TPSA) is 110 Å². The first-order valence-corrected chi connectivity index (χ1v) is 10.6. The van der Waals surface area contributed by atoms with Gasteiger partial charge >= 0.3 is 0 Å². The molecule has 0 aromatic heterocycles. The van der Waals surface area contributed by atoms with E-state index >= 15 is 0 Å². The van der Waals surface area contributed by atoms with E-state index in [1.165, 1.54) is 0 Å². The van der Waals surface area contributed by atoms with Gasteiger partial charge in [-0.05, 0) is 43.9 Å². The molecule has 1 aromatic carbocycles. The maximum atomic E-state index is 12.9. The van der Waals surface area contributed by atoms with Gasteiger partial charge in [0.05, 0.1) is 30.4 Å². The molecule has 0 radical (unpaired) electrons. The number of hydrogen-bond donors (Lipinski definition) is 1. The zero-order valence-corrected chi connectivity index (χ0v) is 17.3. The molecule has 8 nitrogen and oxygen atoms in total. The molecule has 4 rings (SSSR count). The lowest BCUT2D eigenvalue weighted by Gasteiger charge is -2.32. The van der Waals surface area contributed by atoms with Crippen LogP contribution in [0.5, 0.6) is 0 Å². The number of carbonyl (C=O) groups is 1. The summed E-state index contributed by atoms with van der Waals surface area (Å²) >= 11 is 0. The Bertz CT molecular complexity index is 873. The molecule has 158 valence electrons. The third-order valence-electron chi connectivity index (χ3n) is 6.29. The Balaban J connectivity index is 1.35. The number of nitriles is 2. The van der Waals surface area contributed by atoms with Crippen LogP contribution in [0.2, 0.25) is 0 Å². The molecule has 2 saturated heterocycles. The normalized spacial score (nSPS) is 25.9. The molecule has 1 aromatic rings. The number of carbonyl (C=O) groups excluding carboxylic acids is 1. The van der Waals surface area contributed by atoms with E-state index in [1.54, 1.807) is 17.9 Å². The Morgan fingerprint density at radius 1 is 1.37 bits per heavy atom. The van der Waals surface area contributed by atoms with Crippen molar-refractivity contribution in [1.82, 2.24) is 14.9 Å². The number of hydroxylamine groups is 2. The largest absolute Gasteiger partial charge is 0.323 e. The predicted molar refractivity (Wildman–Crippen MR) is 109 cm³/mol. The van der Waals surface area contributed by atoms with Crippen LogP contribution in [0.1, 0.15) is 37.3 Å². The molecule has 1 aliphatic carbocycles. The number of fused-ring (bicyclic) bond motifs is 2. The van der Waals surface area contributed by atoms with Crippen molar-refractivity contribution < 1.29 is 9.63 Å². The molecule has 2 bridgehead atoms. The molecule has 8 heteroatoms. The average Bonchev–Trinajstić information content (AvgIpc) is 3.53. The third kappa shape index (κ3) is 4.33. The van der Waals surface area contributed by atoms with Gasteiger partial charge in [-0.25, -0.2) is 0 Å². The van der Waals surface area contributed by atoms with Gasteiger partial charge in [0.25, 0.3) is 0 Å². The van der Waals surface area contributed by atoms with E-state index in [0.717, 1.165) is 31.4 Å². The second-order valence-electron chi connectivity index (χ2n) is 8.57. The lowest BCUT2D eigenvalue weighted by Crippen LogP contribution is -2.53. The van der Waals surface area contributed by atoms with Crippen LogP contribution >= 0.6 is 0 Å². The summed E-state index contributed by atoms with van der Waals surface area (Å²) in [6, 6.07) is 11.5. The van der Waals surface area contributed by atoms with Crippen LogP contribution in [0, 0.1) is 22.7 Å². The van der Waals surface area contributed by atoms with Crippen LogP contribution in [-0.2, 0) is 16.2 Å². The molecule has 3 fully saturated rings. The summed E-state index contributed by atoms with van der Waals surface area (Å²) in [6.07, 6.45) is 2.88. The second kappa shape index (κ2) is 8.71. The fourth-order valence-electron chi connectivity index (χ4n) is 4.57. The quantitative estimate of drug-likeness (QED) is 0.716. The van der Waals surface area contributed by atoms with Crippen LogP contribution in [-0.4, -0.2) is 70.7 Å². The molecular weight excluding hydrogens is 380 g/mol. The van der Waals surface area contributed by atoms with E-state index in [9.17, 15) is 10.1 Å². The summed E-state index contributed by atoms with van der Waals surface area (Å²) in [5, 5.41) is 20.4. The summed E-state index contributed by atoms with van der Waals surface area (Å²) in [5.41, 5.74) is 7.99. The van der Waals surface area contributed by atoms with Gasteiger partial charge in [0.2, 0.25) is 5.91 Å². The average molecular weight is 409 g/mol. The highest BCUT2D eigenvalue weighted by Gasteiger charge is 2.43. The van der Waals surface area contributed by atoms with Gasteiger partial charge in [-0.15, -0.1) is 0 Å². The molecule has 1 saturated carbocycles. The van der Waals surface area contributed by atoms with Crippen molar-refractivity contribution in [3.05, 3.63) is 35.4 Å². The Labute approximate surface area is 177 Å². The minimum atomic E-state index is -0.637. The maximum Gasteiger partial charge on any atom is 0.242 e. The van der Waals surface area contributed by atoms with Gasteiger partial charge < -0.3 is 10.6 Å². The lowest BCUT2D eigenvalue weighted by molar-refractivity contribution is -0.209. The van der Waals surface area contributed by atoms with Crippen LogP contribution in [0.3, 0.4) is 0 Å². The molecule has 4 atom stereocenters. The van der Waals surface area contributed by atoms with Crippen molar-refractivity contribution in [3.63, 3.8) is 0 Å². The summed E-state index contributed by atoms with van der Waals surface area (Å²) in [6.45, 7) is 4.22. The van der Waals surface area contributed by atoms with E-state index in [1.807, 2.05) is 23.3 Å². The fraction of sp³-hybridized carbons (Fsp3) is 0.591. The summed E-state index contributed by atoms with van der Waals surface area (Å²) in [5.74, 6) is -0.126. The highest BCUT2D eigenvalue weighted by molar-refractivity contribution is 5.83. The van der Waals surface area contributed by atoms with E-state index < -0.39 is 12.1 Å². The fourth-order valence-corrected chi connectivity index (χ4v) is 4.57. The first-order chi connectivity index (χ1) is 14.5. The minimum Gasteiger partial charge on any atom is -0.323 e. The molecule has 2 heterocycles. The van der Waals surface area contributed by atoms with Crippen molar-refractivity contribution in [3.8, 4) is 12.1 Å². The first-order valence-electron chi connectivity index (χ1n) is 10.6. The van der Waals surface area contributed by atoms with E-state index in [0.29, 0.717) is 25.3 Å². The smallest absolute Gasteiger partial charge is 0.242 e. The molecule has 30 heavy (non-hydrogen) atoms. The number of nitrogens with zero attached hydrogens (tertiary/aromatic N) is 5. The van der Waals surface area contributed by atoms with Gasteiger partial charge in [0.15, 0.2) is 0 Å². The summed E-state index contributed by atoms with van der Waals surface area (Å²) in [7, 11) is 0. The number of nitrogens with two attached hydrogens (primary N) is 1. The SMILES string of the molecule is C[C@@H](C#N)N(C(=O)C(N)CN1CC2CC1CON2Cc1cccc(C#N)c1)C1CC1. The molecule has 2 N–H and O–H groups in total. The minimum absolute atomic E-state index is 0.126. The molecule has 1 amide bonds. The Morgan fingerprint density at radius 2 is 2.17 bits per heavy atom. The maximum absolute atomic E-state index is 12.9. The van der Waals surface area contributed by atoms with Crippen molar-refractivity contribution >= 4 is 5.91 Å². The van der Waals surface area contributed by atoms with E-state index in [2.05, 4.69) is 17.0 Å². The van der Waals surface area contributed by atoms with E-state index in [-0.39, 0.29) is 24.0 Å². The standard InChI is InChI=1S/C22H28N6O2/c1-15(9-23)28(18-5-6-18)22(29)21(25)13-26-12-19-8-20(26)14-30-27(19)11-17-4-2-3-16(7-17)10-24/h2-4,7,15,18-21H,5-6,8,11-14,25H2,1H3/t15-,19?,20?,21?/m0/s1. The van der Waals surface area contributed by atoms with Crippen LogP contribution in [0.4, 0.5) is 0 Å². The number of hydrogen-bond acceptors (Lipinski definition) is 7. The Kier molecular flexibility index (Phi) is 6.03. The van der Waals surface area contributed by atoms with Crippen LogP contribution < -0.4 is 5.73 Å². The van der Waals surface area contributed by atoms with E-state index in [4.69, 9.17) is 15.8 Å². The van der Waals surface area contributed by atoms with Gasteiger partial charge in [-0.2, -0.15) is 15.6 Å². The van der Waals surface area contributed by atoms with Crippen molar-refractivity contribution in [2.24, 2.45) is 5.73 Å².